The first-order valence-electron chi connectivity index (χ1n) is 5.41. The van der Waals surface area contributed by atoms with E-state index in [0.29, 0.717) is 13.0 Å². The fourth-order valence-electron chi connectivity index (χ4n) is 1.74. The van der Waals surface area contributed by atoms with Crippen LogP contribution in [0.3, 0.4) is 0 Å². The zero-order valence-electron chi connectivity index (χ0n) is 10.3. The van der Waals surface area contributed by atoms with Gasteiger partial charge in [-0.05, 0) is 6.42 Å². The molecule has 1 N–H and O–H groups in total. The van der Waals surface area contributed by atoms with Crippen molar-refractivity contribution in [2.24, 2.45) is 0 Å². The molecule has 2 atom stereocenters. The molecule has 0 aliphatic carbocycles. The first-order valence-corrected chi connectivity index (χ1v) is 5.41. The third-order valence-electron chi connectivity index (χ3n) is 2.83. The Morgan fingerprint density at radius 3 is 2.56 bits per heavy atom. The molecule has 1 saturated heterocycles. The number of amides is 1. The van der Waals surface area contributed by atoms with Crippen molar-refractivity contribution in [1.29, 1.82) is 0 Å². The zero-order valence-corrected chi connectivity index (χ0v) is 11.1. The fourth-order valence-corrected chi connectivity index (χ4v) is 1.74. The number of rotatable bonds is 4. The van der Waals surface area contributed by atoms with E-state index in [9.17, 15) is 18.0 Å². The molecule has 0 spiro atoms. The maximum Gasteiger partial charge on any atom is 0.390 e. The molecule has 1 aliphatic rings. The molecule has 1 heterocycles. The second kappa shape index (κ2) is 7.16. The van der Waals surface area contributed by atoms with E-state index in [1.807, 2.05) is 0 Å². The molecule has 18 heavy (non-hydrogen) atoms. The number of alkyl halides is 3. The van der Waals surface area contributed by atoms with Crippen molar-refractivity contribution in [1.82, 2.24) is 10.2 Å². The van der Waals surface area contributed by atoms with E-state index in [4.69, 9.17) is 4.74 Å². The van der Waals surface area contributed by atoms with Gasteiger partial charge in [0, 0.05) is 27.2 Å². The Balaban J connectivity index is 0.00000289. The summed E-state index contributed by atoms with van der Waals surface area (Å²) in [5.41, 5.74) is 0. The summed E-state index contributed by atoms with van der Waals surface area (Å²) < 4.78 is 41.1. The number of carbonyl (C=O) groups is 1. The Labute approximate surface area is 110 Å². The van der Waals surface area contributed by atoms with Crippen molar-refractivity contribution >= 4 is 18.3 Å². The highest BCUT2D eigenvalue weighted by Gasteiger charge is 2.33. The van der Waals surface area contributed by atoms with Crippen LogP contribution in [0.25, 0.3) is 0 Å². The monoisotopic (exact) mass is 290 g/mol. The van der Waals surface area contributed by atoms with Crippen LogP contribution in [0.1, 0.15) is 12.8 Å². The number of likely N-dealkylation sites (N-methyl/N-ethyl adjacent to an activating group) is 1. The Hall–Kier alpha value is -0.530. The molecule has 1 aliphatic heterocycles. The van der Waals surface area contributed by atoms with Crippen LogP contribution in [0.15, 0.2) is 0 Å². The van der Waals surface area contributed by atoms with Crippen LogP contribution in [-0.2, 0) is 9.53 Å². The van der Waals surface area contributed by atoms with Gasteiger partial charge >= 0.3 is 6.18 Å². The lowest BCUT2D eigenvalue weighted by atomic mass is 10.2. The quantitative estimate of drug-likeness (QED) is 0.846. The molecular weight excluding hydrogens is 273 g/mol. The molecule has 0 saturated carbocycles. The minimum Gasteiger partial charge on any atom is -0.380 e. The second-order valence-corrected chi connectivity index (χ2v) is 4.18. The molecule has 0 aromatic rings. The Bertz CT molecular complexity index is 276. The maximum absolute atomic E-state index is 12.0. The van der Waals surface area contributed by atoms with Crippen LogP contribution in [-0.4, -0.2) is 56.4 Å². The number of ether oxygens (including phenoxy) is 1. The maximum atomic E-state index is 12.0. The van der Waals surface area contributed by atoms with E-state index in [1.165, 1.54) is 7.05 Å². The van der Waals surface area contributed by atoms with E-state index >= 15 is 0 Å². The van der Waals surface area contributed by atoms with Gasteiger partial charge in [0.25, 0.3) is 0 Å². The SMILES string of the molecule is CO[C@@H]1CN[C@H](C(=O)N(C)CCC(F)(F)F)C1.Cl. The van der Waals surface area contributed by atoms with Gasteiger partial charge in [0.2, 0.25) is 5.91 Å². The Kier molecular flexibility index (Phi) is 6.94. The first kappa shape index (κ1) is 17.5. The summed E-state index contributed by atoms with van der Waals surface area (Å²) in [4.78, 5) is 12.9. The summed E-state index contributed by atoms with van der Waals surface area (Å²) in [5, 5.41) is 2.94. The zero-order chi connectivity index (χ0) is 13.1. The van der Waals surface area contributed by atoms with Crippen molar-refractivity contribution in [2.45, 2.75) is 31.2 Å². The summed E-state index contributed by atoms with van der Waals surface area (Å²) in [7, 11) is 2.93. The summed E-state index contributed by atoms with van der Waals surface area (Å²) in [6.45, 7) is 0.248. The van der Waals surface area contributed by atoms with Gasteiger partial charge in [-0.25, -0.2) is 0 Å². The van der Waals surface area contributed by atoms with Gasteiger partial charge in [-0.2, -0.15) is 13.2 Å². The second-order valence-electron chi connectivity index (χ2n) is 4.18. The summed E-state index contributed by atoms with van der Waals surface area (Å²) in [5.74, 6) is -0.311. The molecule has 8 heteroatoms. The lowest BCUT2D eigenvalue weighted by molar-refractivity contribution is -0.145. The molecule has 1 fully saturated rings. The van der Waals surface area contributed by atoms with Crippen LogP contribution < -0.4 is 5.32 Å². The van der Waals surface area contributed by atoms with E-state index in [-0.39, 0.29) is 31.0 Å². The topological polar surface area (TPSA) is 41.6 Å². The molecule has 0 radical (unpaired) electrons. The average molecular weight is 291 g/mol. The van der Waals surface area contributed by atoms with Crippen molar-refractivity contribution in [2.75, 3.05) is 27.2 Å². The van der Waals surface area contributed by atoms with Crippen LogP contribution in [0.2, 0.25) is 0 Å². The normalized spacial score (nSPS) is 23.6. The fraction of sp³-hybridized carbons (Fsp3) is 0.900. The van der Waals surface area contributed by atoms with E-state index in [0.717, 1.165) is 4.90 Å². The van der Waals surface area contributed by atoms with Crippen LogP contribution in [0, 0.1) is 0 Å². The standard InChI is InChI=1S/C10H17F3N2O2.ClH/c1-15(4-3-10(11,12)13)9(16)8-5-7(17-2)6-14-8;/h7-8,14H,3-6H2,1-2H3;1H/t7-,8-;/m0./s1. The molecule has 1 amide bonds. The van der Waals surface area contributed by atoms with E-state index < -0.39 is 18.6 Å². The Morgan fingerprint density at radius 1 is 1.50 bits per heavy atom. The number of methoxy groups -OCH3 is 1. The lowest BCUT2D eigenvalue weighted by Gasteiger charge is -2.21. The van der Waals surface area contributed by atoms with Crippen LogP contribution in [0.5, 0.6) is 0 Å². The van der Waals surface area contributed by atoms with Crippen molar-refractivity contribution < 1.29 is 22.7 Å². The van der Waals surface area contributed by atoms with Gasteiger partial charge < -0.3 is 15.0 Å². The number of nitrogens with zero attached hydrogens (tertiary/aromatic N) is 1. The smallest absolute Gasteiger partial charge is 0.380 e. The van der Waals surface area contributed by atoms with Crippen molar-refractivity contribution in [3.8, 4) is 0 Å². The van der Waals surface area contributed by atoms with Gasteiger partial charge in [0.15, 0.2) is 0 Å². The molecule has 0 aromatic heterocycles. The average Bonchev–Trinajstić information content (AvgIpc) is 2.72. The Morgan fingerprint density at radius 2 is 2.11 bits per heavy atom. The largest absolute Gasteiger partial charge is 0.390 e. The third-order valence-corrected chi connectivity index (χ3v) is 2.83. The highest BCUT2D eigenvalue weighted by atomic mass is 35.5. The number of hydrogen-bond acceptors (Lipinski definition) is 3. The van der Waals surface area contributed by atoms with Gasteiger partial charge in [-0.3, -0.25) is 4.79 Å². The number of nitrogens with one attached hydrogen (secondary N) is 1. The molecular formula is C10H18ClF3N2O2. The molecule has 1 rings (SSSR count). The minimum atomic E-state index is -4.23. The number of hydrogen-bond donors (Lipinski definition) is 1. The molecule has 108 valence electrons. The minimum absolute atomic E-state index is 0. The van der Waals surface area contributed by atoms with Crippen LogP contribution >= 0.6 is 12.4 Å². The first-order chi connectivity index (χ1) is 7.83. The highest BCUT2D eigenvalue weighted by molar-refractivity contribution is 5.85. The van der Waals surface area contributed by atoms with Crippen molar-refractivity contribution in [3.05, 3.63) is 0 Å². The van der Waals surface area contributed by atoms with Crippen molar-refractivity contribution in [3.63, 3.8) is 0 Å². The van der Waals surface area contributed by atoms with Gasteiger partial charge in [-0.15, -0.1) is 12.4 Å². The third kappa shape index (κ3) is 5.41. The van der Waals surface area contributed by atoms with Gasteiger partial charge in [-0.1, -0.05) is 0 Å². The lowest BCUT2D eigenvalue weighted by Crippen LogP contribution is -2.42. The van der Waals surface area contributed by atoms with Gasteiger partial charge in [0.05, 0.1) is 18.6 Å². The molecule has 0 aromatic carbocycles. The predicted molar refractivity (Wildman–Crippen MR) is 62.8 cm³/mol. The molecule has 0 unspecified atom stereocenters. The van der Waals surface area contributed by atoms with Gasteiger partial charge in [0.1, 0.15) is 0 Å². The summed E-state index contributed by atoms with van der Waals surface area (Å²) in [6.07, 6.45) is -4.74. The summed E-state index contributed by atoms with van der Waals surface area (Å²) >= 11 is 0. The molecule has 4 nitrogen and oxygen atoms in total. The number of halogens is 4. The predicted octanol–water partition coefficient (Wildman–Crippen LogP) is 1.20. The van der Waals surface area contributed by atoms with E-state index in [1.54, 1.807) is 7.11 Å². The molecule has 0 bridgehead atoms. The van der Waals surface area contributed by atoms with Crippen LogP contribution in [0.4, 0.5) is 13.2 Å². The highest BCUT2D eigenvalue weighted by Crippen LogP contribution is 2.20. The van der Waals surface area contributed by atoms with E-state index in [2.05, 4.69) is 5.32 Å². The summed E-state index contributed by atoms with van der Waals surface area (Å²) in [6, 6.07) is -0.432. The number of carbonyl (C=O) groups excluding carboxylic acids is 1.